The van der Waals surface area contributed by atoms with Gasteiger partial charge in [-0.3, -0.25) is 0 Å². The van der Waals surface area contributed by atoms with Gasteiger partial charge >= 0.3 is 21.1 Å². The van der Waals surface area contributed by atoms with E-state index in [1.807, 2.05) is 47.8 Å². The van der Waals surface area contributed by atoms with Crippen LogP contribution >= 0.6 is 23.5 Å². The molecule has 2 aromatic carbocycles. The second-order valence-corrected chi connectivity index (χ2v) is 6.01. The van der Waals surface area contributed by atoms with E-state index in [-0.39, 0.29) is 21.1 Å². The predicted molar refractivity (Wildman–Crippen MR) is 83.4 cm³/mol. The topological polar surface area (TPSA) is 0 Å². The molecule has 0 nitrogen and oxygen atoms in total. The maximum Gasteiger partial charge on any atom is 2.00 e. The minimum atomic E-state index is 0. The van der Waals surface area contributed by atoms with Crippen molar-refractivity contribution < 1.29 is 21.1 Å². The van der Waals surface area contributed by atoms with Crippen LogP contribution in [-0.4, -0.2) is 11.5 Å². The van der Waals surface area contributed by atoms with Crippen molar-refractivity contribution in [2.45, 2.75) is 23.6 Å². The SMILES string of the molecule is CCSc1cc[c-]cc1.CCSc1cc[c-]cc1.[Pt+2]. The van der Waals surface area contributed by atoms with Crippen molar-refractivity contribution in [3.05, 3.63) is 60.7 Å². The van der Waals surface area contributed by atoms with E-state index in [0.29, 0.717) is 0 Å². The van der Waals surface area contributed by atoms with Crippen molar-refractivity contribution in [1.82, 2.24) is 0 Å². The summed E-state index contributed by atoms with van der Waals surface area (Å²) in [5, 5.41) is 0. The molecule has 19 heavy (non-hydrogen) atoms. The molecule has 0 heterocycles. The molecule has 0 aliphatic carbocycles. The van der Waals surface area contributed by atoms with Crippen LogP contribution in [0.25, 0.3) is 0 Å². The first kappa shape index (κ1) is 18.8. The van der Waals surface area contributed by atoms with Crippen LogP contribution in [0.2, 0.25) is 0 Å². The molecule has 0 bridgehead atoms. The molecule has 0 aliphatic rings. The first-order valence-electron chi connectivity index (χ1n) is 6.04. The Morgan fingerprint density at radius 2 is 1.05 bits per heavy atom. The molecule has 0 fully saturated rings. The second-order valence-electron chi connectivity index (χ2n) is 3.34. The largest absolute Gasteiger partial charge is 2.00 e. The molecule has 0 aromatic heterocycles. The second kappa shape index (κ2) is 12.8. The zero-order valence-corrected chi connectivity index (χ0v) is 15.1. The zero-order chi connectivity index (χ0) is 13.1. The van der Waals surface area contributed by atoms with Crippen LogP contribution in [-0.2, 0) is 21.1 Å². The van der Waals surface area contributed by atoms with Gasteiger partial charge in [-0.05, 0) is 11.5 Å². The third-order valence-electron chi connectivity index (χ3n) is 2.00. The van der Waals surface area contributed by atoms with E-state index in [9.17, 15) is 0 Å². The van der Waals surface area contributed by atoms with E-state index in [0.717, 1.165) is 11.5 Å². The zero-order valence-electron chi connectivity index (χ0n) is 11.2. The van der Waals surface area contributed by atoms with Gasteiger partial charge in [0.15, 0.2) is 0 Å². The van der Waals surface area contributed by atoms with E-state index in [2.05, 4.69) is 50.2 Å². The van der Waals surface area contributed by atoms with E-state index in [1.165, 1.54) is 9.79 Å². The Labute approximate surface area is 140 Å². The summed E-state index contributed by atoms with van der Waals surface area (Å²) in [5.74, 6) is 2.29. The quantitative estimate of drug-likeness (QED) is 0.446. The van der Waals surface area contributed by atoms with Crippen LogP contribution in [0, 0.1) is 12.1 Å². The van der Waals surface area contributed by atoms with Crippen molar-refractivity contribution in [2.24, 2.45) is 0 Å². The number of rotatable bonds is 4. The molecular formula is C16H18PtS2. The van der Waals surface area contributed by atoms with Crippen molar-refractivity contribution in [3.8, 4) is 0 Å². The van der Waals surface area contributed by atoms with Crippen LogP contribution in [0.4, 0.5) is 0 Å². The first-order valence-corrected chi connectivity index (χ1v) is 8.01. The molecule has 3 heteroatoms. The van der Waals surface area contributed by atoms with Gasteiger partial charge in [0.25, 0.3) is 0 Å². The van der Waals surface area contributed by atoms with Gasteiger partial charge < -0.3 is 0 Å². The molecule has 0 saturated heterocycles. The summed E-state index contributed by atoms with van der Waals surface area (Å²) in [5.41, 5.74) is 0. The van der Waals surface area contributed by atoms with Crippen molar-refractivity contribution in [2.75, 3.05) is 11.5 Å². The molecule has 0 spiro atoms. The Hall–Kier alpha value is -0.172. The minimum absolute atomic E-state index is 0. The maximum atomic E-state index is 2.98. The molecule has 2 rings (SSSR count). The Morgan fingerprint density at radius 3 is 1.32 bits per heavy atom. The van der Waals surface area contributed by atoms with E-state index < -0.39 is 0 Å². The van der Waals surface area contributed by atoms with Gasteiger partial charge in [-0.1, -0.05) is 13.8 Å². The number of hydrogen-bond acceptors (Lipinski definition) is 2. The average molecular weight is 470 g/mol. The monoisotopic (exact) mass is 469 g/mol. The molecule has 2 aromatic rings. The van der Waals surface area contributed by atoms with E-state index >= 15 is 0 Å². The molecule has 0 aliphatic heterocycles. The number of hydrogen-bond donors (Lipinski definition) is 0. The van der Waals surface area contributed by atoms with Crippen molar-refractivity contribution in [1.29, 1.82) is 0 Å². The minimum Gasteiger partial charge on any atom is -0.184 e. The molecule has 0 atom stereocenters. The third-order valence-corrected chi connectivity index (χ3v) is 3.79. The fourth-order valence-electron chi connectivity index (χ4n) is 1.27. The van der Waals surface area contributed by atoms with Gasteiger partial charge in [-0.25, -0.2) is 0 Å². The van der Waals surface area contributed by atoms with Gasteiger partial charge in [-0.15, -0.1) is 9.79 Å². The van der Waals surface area contributed by atoms with Crippen LogP contribution in [0.15, 0.2) is 58.3 Å². The van der Waals surface area contributed by atoms with Gasteiger partial charge in [-0.2, -0.15) is 84.2 Å². The van der Waals surface area contributed by atoms with Gasteiger partial charge in [0, 0.05) is 0 Å². The smallest absolute Gasteiger partial charge is 0.184 e. The fraction of sp³-hybridized carbons (Fsp3) is 0.250. The van der Waals surface area contributed by atoms with Gasteiger partial charge in [0.1, 0.15) is 0 Å². The fourth-order valence-corrected chi connectivity index (χ4v) is 2.59. The number of benzene rings is 2. The first-order chi connectivity index (χ1) is 8.86. The summed E-state index contributed by atoms with van der Waals surface area (Å²) in [4.78, 5) is 2.66. The maximum absolute atomic E-state index is 2.98. The van der Waals surface area contributed by atoms with Crippen LogP contribution < -0.4 is 0 Å². The standard InChI is InChI=1S/2C8H9S.Pt/c2*1-2-9-8-6-4-3-5-7-8;/h2*4-7H,2H2,1H3;/q2*-1;+2. The normalized spacial score (nSPS) is 8.95. The predicted octanol–water partition coefficient (Wildman–Crippen LogP) is 5.20. The van der Waals surface area contributed by atoms with Crippen LogP contribution in [0.5, 0.6) is 0 Å². The Kier molecular flexibility index (Phi) is 12.7. The Balaban J connectivity index is 0.000000324. The molecule has 0 unspecified atom stereocenters. The molecule has 104 valence electrons. The third kappa shape index (κ3) is 9.37. The molecular weight excluding hydrogens is 451 g/mol. The summed E-state index contributed by atoms with van der Waals surface area (Å²) in [6, 6.07) is 22.0. The summed E-state index contributed by atoms with van der Waals surface area (Å²) in [7, 11) is 0. The average Bonchev–Trinajstić information content (AvgIpc) is 2.43. The summed E-state index contributed by atoms with van der Waals surface area (Å²) < 4.78 is 0. The van der Waals surface area contributed by atoms with E-state index in [4.69, 9.17) is 0 Å². The molecule has 0 saturated carbocycles. The number of thioether (sulfide) groups is 2. The molecule has 0 radical (unpaired) electrons. The Bertz CT molecular complexity index is 362. The van der Waals surface area contributed by atoms with Crippen molar-refractivity contribution in [3.63, 3.8) is 0 Å². The van der Waals surface area contributed by atoms with Crippen molar-refractivity contribution >= 4 is 23.5 Å². The summed E-state index contributed by atoms with van der Waals surface area (Å²) >= 11 is 3.71. The van der Waals surface area contributed by atoms with Gasteiger partial charge in [0.05, 0.1) is 0 Å². The Morgan fingerprint density at radius 1 is 0.737 bits per heavy atom. The van der Waals surface area contributed by atoms with E-state index in [1.54, 1.807) is 0 Å². The summed E-state index contributed by atoms with van der Waals surface area (Å²) in [6.45, 7) is 4.31. The van der Waals surface area contributed by atoms with Gasteiger partial charge in [0.2, 0.25) is 0 Å². The van der Waals surface area contributed by atoms with Crippen LogP contribution in [0.3, 0.4) is 0 Å². The molecule has 0 N–H and O–H groups in total. The van der Waals surface area contributed by atoms with Crippen LogP contribution in [0.1, 0.15) is 13.8 Å². The molecule has 0 amide bonds. The summed E-state index contributed by atoms with van der Waals surface area (Å²) in [6.07, 6.45) is 0.